The van der Waals surface area contributed by atoms with Gasteiger partial charge in [-0.05, 0) is 29.5 Å². The van der Waals surface area contributed by atoms with Crippen molar-refractivity contribution in [2.75, 3.05) is 31.1 Å². The number of benzene rings is 2. The fraction of sp³-hybridized carbons (Fsp3) is 0.448. The first-order valence-electron chi connectivity index (χ1n) is 12.7. The first kappa shape index (κ1) is 26.8. The van der Waals surface area contributed by atoms with Crippen LogP contribution in [0.2, 0.25) is 0 Å². The summed E-state index contributed by atoms with van der Waals surface area (Å²) in [6.07, 6.45) is 1.31. The monoisotopic (exact) mass is 525 g/mol. The normalized spacial score (nSPS) is 21.0. The zero-order valence-corrected chi connectivity index (χ0v) is 22.7. The second-order valence-electron chi connectivity index (χ2n) is 9.74. The van der Waals surface area contributed by atoms with Crippen molar-refractivity contribution in [3.63, 3.8) is 0 Å². The van der Waals surface area contributed by atoms with E-state index < -0.39 is 11.6 Å². The number of aliphatic hydroxyl groups excluding tert-OH is 1. The molecule has 1 N–H and O–H groups in total. The second kappa shape index (κ2) is 12.3. The summed E-state index contributed by atoms with van der Waals surface area (Å²) in [4.78, 5) is 29.6. The zero-order chi connectivity index (χ0) is 25.5. The van der Waals surface area contributed by atoms with Crippen molar-refractivity contribution < 1.29 is 19.4 Å². The Bertz CT molecular complexity index is 1100. The van der Waals surface area contributed by atoms with Crippen molar-refractivity contribution in [2.45, 2.75) is 55.9 Å². The van der Waals surface area contributed by atoms with E-state index in [1.165, 1.54) is 11.8 Å². The van der Waals surface area contributed by atoms with Crippen LogP contribution in [-0.2, 0) is 19.9 Å². The van der Waals surface area contributed by atoms with E-state index in [9.17, 15) is 14.7 Å². The fourth-order valence-corrected chi connectivity index (χ4v) is 6.83. The van der Waals surface area contributed by atoms with Crippen LogP contribution in [0, 0.1) is 0 Å². The van der Waals surface area contributed by atoms with Crippen molar-refractivity contribution in [1.82, 2.24) is 4.90 Å². The Balaban J connectivity index is 1.51. The lowest BCUT2D eigenvalue weighted by molar-refractivity contribution is -0.161. The lowest BCUT2D eigenvalue weighted by Crippen LogP contribution is -2.38. The third-order valence-electron chi connectivity index (χ3n) is 6.86. The Kier molecular flexibility index (Phi) is 9.20. The molecule has 0 aliphatic carbocycles. The SMILES string of the molecule is CC(C)c1ccccc1SC1=C(O)CC(CCC(=O)CCN2CCSCC2)(c2ccccc2)OC1=O. The molecule has 0 radical (unpaired) electrons. The van der Waals surface area contributed by atoms with Crippen LogP contribution in [-0.4, -0.2) is 52.9 Å². The number of rotatable bonds is 10. The van der Waals surface area contributed by atoms with Crippen molar-refractivity contribution in [3.05, 3.63) is 76.4 Å². The maximum Gasteiger partial charge on any atom is 0.349 e. The molecule has 0 bridgehead atoms. The molecule has 0 aromatic heterocycles. The molecule has 1 fully saturated rings. The summed E-state index contributed by atoms with van der Waals surface area (Å²) in [6, 6.07) is 17.4. The van der Waals surface area contributed by atoms with E-state index in [0.29, 0.717) is 19.3 Å². The van der Waals surface area contributed by atoms with Gasteiger partial charge in [0.05, 0.1) is 6.42 Å². The first-order valence-corrected chi connectivity index (χ1v) is 14.6. The molecule has 2 aromatic carbocycles. The van der Waals surface area contributed by atoms with Crippen LogP contribution in [0.4, 0.5) is 0 Å². The van der Waals surface area contributed by atoms with Gasteiger partial charge in [0.25, 0.3) is 0 Å². The number of aliphatic hydroxyl groups is 1. The number of hydrogen-bond acceptors (Lipinski definition) is 7. The Labute approximate surface area is 222 Å². The molecule has 5 nitrogen and oxygen atoms in total. The van der Waals surface area contributed by atoms with E-state index in [1.54, 1.807) is 0 Å². The molecule has 192 valence electrons. The van der Waals surface area contributed by atoms with Crippen molar-refractivity contribution in [3.8, 4) is 0 Å². The van der Waals surface area contributed by atoms with E-state index in [1.807, 2.05) is 66.4 Å². The highest BCUT2D eigenvalue weighted by molar-refractivity contribution is 8.04. The van der Waals surface area contributed by atoms with Crippen molar-refractivity contribution in [1.29, 1.82) is 0 Å². The second-order valence-corrected chi connectivity index (χ2v) is 12.0. The molecular weight excluding hydrogens is 490 g/mol. The summed E-state index contributed by atoms with van der Waals surface area (Å²) in [7, 11) is 0. The van der Waals surface area contributed by atoms with Gasteiger partial charge in [-0.3, -0.25) is 4.79 Å². The van der Waals surface area contributed by atoms with Gasteiger partial charge in [0, 0.05) is 48.9 Å². The van der Waals surface area contributed by atoms with Gasteiger partial charge in [-0.15, -0.1) is 0 Å². The lowest BCUT2D eigenvalue weighted by Gasteiger charge is -2.37. The van der Waals surface area contributed by atoms with Gasteiger partial charge < -0.3 is 14.7 Å². The Hall–Kier alpha value is -2.22. The molecule has 2 aliphatic heterocycles. The molecule has 36 heavy (non-hydrogen) atoms. The molecule has 0 amide bonds. The summed E-state index contributed by atoms with van der Waals surface area (Å²) in [5.41, 5.74) is 0.868. The highest BCUT2D eigenvalue weighted by atomic mass is 32.2. The standard InChI is InChI=1S/C29H35NO4S2/c1-21(2)24-10-6-7-11-26(24)36-27-25(32)20-29(34-28(27)33,22-8-4-3-5-9-22)14-12-23(31)13-15-30-16-18-35-19-17-30/h3-11,21,32H,12-20H2,1-2H3. The Morgan fingerprint density at radius 3 is 2.47 bits per heavy atom. The Morgan fingerprint density at radius 1 is 1.08 bits per heavy atom. The minimum atomic E-state index is -1.05. The maximum absolute atomic E-state index is 13.3. The van der Waals surface area contributed by atoms with E-state index in [0.717, 1.165) is 47.2 Å². The molecule has 7 heteroatoms. The van der Waals surface area contributed by atoms with E-state index in [4.69, 9.17) is 4.74 Å². The molecule has 1 saturated heterocycles. The number of carbonyl (C=O) groups excluding carboxylic acids is 2. The number of thioether (sulfide) groups is 2. The average molecular weight is 526 g/mol. The number of ketones is 1. The maximum atomic E-state index is 13.3. The number of esters is 1. The minimum Gasteiger partial charge on any atom is -0.511 e. The molecule has 2 heterocycles. The largest absolute Gasteiger partial charge is 0.511 e. The van der Waals surface area contributed by atoms with Gasteiger partial charge in [-0.2, -0.15) is 11.8 Å². The molecule has 0 saturated carbocycles. The predicted molar refractivity (Wildman–Crippen MR) is 147 cm³/mol. The van der Waals surface area contributed by atoms with Crippen molar-refractivity contribution in [2.24, 2.45) is 0 Å². The highest BCUT2D eigenvalue weighted by Gasteiger charge is 2.44. The summed E-state index contributed by atoms with van der Waals surface area (Å²) >= 11 is 3.22. The van der Waals surface area contributed by atoms with Crippen LogP contribution in [0.25, 0.3) is 0 Å². The topological polar surface area (TPSA) is 66.8 Å². The van der Waals surface area contributed by atoms with Crippen LogP contribution in [0.1, 0.15) is 56.6 Å². The van der Waals surface area contributed by atoms with Gasteiger partial charge in [0.1, 0.15) is 22.0 Å². The number of nitrogens with zero attached hydrogens (tertiary/aromatic N) is 1. The van der Waals surface area contributed by atoms with Crippen LogP contribution >= 0.6 is 23.5 Å². The van der Waals surface area contributed by atoms with E-state index in [-0.39, 0.29) is 28.8 Å². The third-order valence-corrected chi connectivity index (χ3v) is 9.00. The molecule has 0 spiro atoms. The zero-order valence-electron chi connectivity index (χ0n) is 21.1. The van der Waals surface area contributed by atoms with Crippen LogP contribution in [0.5, 0.6) is 0 Å². The lowest BCUT2D eigenvalue weighted by atomic mass is 9.83. The van der Waals surface area contributed by atoms with E-state index >= 15 is 0 Å². The number of carbonyl (C=O) groups is 2. The van der Waals surface area contributed by atoms with Gasteiger partial charge in [0.15, 0.2) is 0 Å². The van der Waals surface area contributed by atoms with E-state index in [2.05, 4.69) is 18.7 Å². The van der Waals surface area contributed by atoms with Gasteiger partial charge in [-0.25, -0.2) is 4.79 Å². The molecular formula is C29H35NO4S2. The predicted octanol–water partition coefficient (Wildman–Crippen LogP) is 6.30. The number of cyclic esters (lactones) is 1. The van der Waals surface area contributed by atoms with Crippen LogP contribution in [0.3, 0.4) is 0 Å². The Morgan fingerprint density at radius 2 is 1.78 bits per heavy atom. The fourth-order valence-electron chi connectivity index (χ4n) is 4.75. The number of Topliss-reactive ketones (excluding diaryl/α,β-unsaturated/α-hetero) is 1. The summed E-state index contributed by atoms with van der Waals surface area (Å²) in [6.45, 7) is 7.05. The van der Waals surface area contributed by atoms with Gasteiger partial charge in [-0.1, -0.05) is 74.1 Å². The van der Waals surface area contributed by atoms with Crippen LogP contribution < -0.4 is 0 Å². The molecule has 4 rings (SSSR count). The summed E-state index contributed by atoms with van der Waals surface area (Å²) in [5.74, 6) is 2.17. The highest BCUT2D eigenvalue weighted by Crippen LogP contribution is 2.46. The molecule has 1 unspecified atom stereocenters. The van der Waals surface area contributed by atoms with Crippen molar-refractivity contribution >= 4 is 35.3 Å². The average Bonchev–Trinajstić information content (AvgIpc) is 2.89. The quantitative estimate of drug-likeness (QED) is 0.365. The first-order chi connectivity index (χ1) is 17.4. The number of ether oxygens (including phenoxy) is 1. The van der Waals surface area contributed by atoms with Gasteiger partial charge >= 0.3 is 5.97 Å². The van der Waals surface area contributed by atoms with Crippen LogP contribution in [0.15, 0.2) is 70.2 Å². The molecule has 1 atom stereocenters. The van der Waals surface area contributed by atoms with Gasteiger partial charge in [0.2, 0.25) is 0 Å². The summed E-state index contributed by atoms with van der Waals surface area (Å²) in [5, 5.41) is 11.1. The minimum absolute atomic E-state index is 0.0249. The molecule has 2 aromatic rings. The smallest absolute Gasteiger partial charge is 0.349 e. The number of hydrogen-bond donors (Lipinski definition) is 1. The molecule has 2 aliphatic rings. The summed E-state index contributed by atoms with van der Waals surface area (Å²) < 4.78 is 6.12. The third kappa shape index (κ3) is 6.55.